The average molecular weight is 328 g/mol. The second-order valence-electron chi connectivity index (χ2n) is 6.38. The van der Waals surface area contributed by atoms with Crippen molar-refractivity contribution in [1.29, 1.82) is 0 Å². The quantitative estimate of drug-likeness (QED) is 0.856. The molecule has 3 atom stereocenters. The lowest BCUT2D eigenvalue weighted by atomic mass is 9.98. The minimum Gasteiger partial charge on any atom is -0.350 e. The molecule has 24 heavy (non-hydrogen) atoms. The van der Waals surface area contributed by atoms with Crippen LogP contribution in [0, 0.1) is 6.92 Å². The first-order valence-electron chi connectivity index (χ1n) is 8.47. The third kappa shape index (κ3) is 3.79. The number of piperidine rings is 1. The summed E-state index contributed by atoms with van der Waals surface area (Å²) in [6, 6.07) is 9.92. The Morgan fingerprint density at radius 1 is 1.42 bits per heavy atom. The Bertz CT molecular complexity index is 671. The first kappa shape index (κ1) is 16.6. The molecule has 0 bridgehead atoms. The predicted molar refractivity (Wildman–Crippen MR) is 90.4 cm³/mol. The van der Waals surface area contributed by atoms with Gasteiger partial charge in [-0.3, -0.25) is 4.79 Å². The van der Waals surface area contributed by atoms with Gasteiger partial charge in [0, 0.05) is 18.5 Å². The number of aromatic nitrogens is 4. The normalized spacial score (nSPS) is 22.1. The van der Waals surface area contributed by atoms with Crippen LogP contribution >= 0.6 is 0 Å². The predicted octanol–water partition coefficient (Wildman–Crippen LogP) is 1.02. The maximum atomic E-state index is 13.0. The molecule has 1 saturated heterocycles. The van der Waals surface area contributed by atoms with Crippen LogP contribution in [-0.2, 0) is 11.2 Å². The fourth-order valence-electron chi connectivity index (χ4n) is 3.17. The lowest BCUT2D eigenvalue weighted by molar-refractivity contribution is -0.125. The second kappa shape index (κ2) is 7.53. The van der Waals surface area contributed by atoms with E-state index in [1.54, 1.807) is 4.68 Å². The molecule has 128 valence electrons. The molecule has 2 aromatic rings. The van der Waals surface area contributed by atoms with Gasteiger partial charge in [0.25, 0.3) is 0 Å². The van der Waals surface area contributed by atoms with E-state index in [0.29, 0.717) is 12.2 Å². The van der Waals surface area contributed by atoms with E-state index in [2.05, 4.69) is 33.1 Å². The van der Waals surface area contributed by atoms with Crippen molar-refractivity contribution < 1.29 is 4.79 Å². The molecular formula is C17H24N6O. The number of amides is 1. The summed E-state index contributed by atoms with van der Waals surface area (Å²) in [4.78, 5) is 13.0. The molecule has 7 nitrogen and oxygen atoms in total. The highest BCUT2D eigenvalue weighted by Crippen LogP contribution is 2.17. The van der Waals surface area contributed by atoms with Crippen molar-refractivity contribution in [3.8, 4) is 0 Å². The zero-order valence-electron chi connectivity index (χ0n) is 14.1. The van der Waals surface area contributed by atoms with E-state index in [4.69, 9.17) is 0 Å². The number of rotatable bonds is 5. The molecule has 1 aromatic heterocycles. The van der Waals surface area contributed by atoms with Crippen molar-refractivity contribution in [1.82, 2.24) is 30.8 Å². The smallest absolute Gasteiger partial charge is 0.245 e. The van der Waals surface area contributed by atoms with Gasteiger partial charge in [-0.2, -0.15) is 0 Å². The van der Waals surface area contributed by atoms with E-state index in [-0.39, 0.29) is 18.0 Å². The number of hydrogen-bond donors (Lipinski definition) is 2. The number of hydrogen-bond acceptors (Lipinski definition) is 5. The Morgan fingerprint density at radius 2 is 2.21 bits per heavy atom. The molecule has 2 N–H and O–H groups in total. The lowest BCUT2D eigenvalue weighted by Gasteiger charge is -2.32. The SMILES string of the molecule is Cc1nnnn1C(Cc1ccccc1)C(=O)NC1CCCNC1C. The van der Waals surface area contributed by atoms with Gasteiger partial charge < -0.3 is 10.6 Å². The Kier molecular flexibility index (Phi) is 5.20. The molecule has 2 heterocycles. The summed E-state index contributed by atoms with van der Waals surface area (Å²) in [5.41, 5.74) is 1.09. The van der Waals surface area contributed by atoms with Gasteiger partial charge in [-0.1, -0.05) is 30.3 Å². The third-order valence-corrected chi connectivity index (χ3v) is 4.62. The van der Waals surface area contributed by atoms with E-state index >= 15 is 0 Å². The zero-order chi connectivity index (χ0) is 16.9. The molecule has 3 unspecified atom stereocenters. The van der Waals surface area contributed by atoms with Crippen LogP contribution in [0.5, 0.6) is 0 Å². The first-order valence-corrected chi connectivity index (χ1v) is 8.47. The number of nitrogens with zero attached hydrogens (tertiary/aromatic N) is 4. The van der Waals surface area contributed by atoms with Gasteiger partial charge in [-0.25, -0.2) is 4.68 Å². The van der Waals surface area contributed by atoms with Crippen molar-refractivity contribution in [2.45, 2.75) is 51.2 Å². The van der Waals surface area contributed by atoms with Crippen LogP contribution in [0.3, 0.4) is 0 Å². The molecule has 3 rings (SSSR count). The average Bonchev–Trinajstić information content (AvgIpc) is 3.01. The van der Waals surface area contributed by atoms with Crippen LogP contribution in [-0.4, -0.2) is 44.7 Å². The fraction of sp³-hybridized carbons (Fsp3) is 0.529. The largest absolute Gasteiger partial charge is 0.350 e. The van der Waals surface area contributed by atoms with Crippen molar-refractivity contribution in [2.75, 3.05) is 6.54 Å². The standard InChI is InChI=1S/C17H24N6O/c1-12-15(9-6-10-18-12)19-17(24)16(23-13(2)20-21-22-23)11-14-7-4-3-5-8-14/h3-5,7-8,12,15-16,18H,6,9-11H2,1-2H3,(H,19,24). The fourth-order valence-corrected chi connectivity index (χ4v) is 3.17. The molecule has 0 radical (unpaired) electrons. The zero-order valence-corrected chi connectivity index (χ0v) is 14.1. The first-order chi connectivity index (χ1) is 11.6. The topological polar surface area (TPSA) is 84.7 Å². The van der Waals surface area contributed by atoms with E-state index in [0.717, 1.165) is 24.9 Å². The Hall–Kier alpha value is -2.28. The summed E-state index contributed by atoms with van der Waals surface area (Å²) in [6.07, 6.45) is 2.63. The summed E-state index contributed by atoms with van der Waals surface area (Å²) < 4.78 is 1.61. The van der Waals surface area contributed by atoms with Crippen molar-refractivity contribution in [2.24, 2.45) is 0 Å². The second-order valence-corrected chi connectivity index (χ2v) is 6.38. The summed E-state index contributed by atoms with van der Waals surface area (Å²) >= 11 is 0. The minimum absolute atomic E-state index is 0.0326. The van der Waals surface area contributed by atoms with Gasteiger partial charge in [-0.05, 0) is 49.2 Å². The maximum absolute atomic E-state index is 13.0. The molecular weight excluding hydrogens is 304 g/mol. The third-order valence-electron chi connectivity index (χ3n) is 4.62. The Labute approximate surface area is 141 Å². The molecule has 0 saturated carbocycles. The Morgan fingerprint density at radius 3 is 2.88 bits per heavy atom. The van der Waals surface area contributed by atoms with Gasteiger partial charge in [0.15, 0.2) is 0 Å². The van der Waals surface area contributed by atoms with Crippen LogP contribution in [0.25, 0.3) is 0 Å². The summed E-state index contributed by atoms with van der Waals surface area (Å²) in [5, 5.41) is 18.3. The molecule has 1 aliphatic heterocycles. The molecule has 0 spiro atoms. The number of aryl methyl sites for hydroxylation is 1. The van der Waals surface area contributed by atoms with Crippen molar-refractivity contribution >= 4 is 5.91 Å². The highest BCUT2D eigenvalue weighted by Gasteiger charge is 2.29. The number of benzene rings is 1. The number of carbonyl (C=O) groups is 1. The van der Waals surface area contributed by atoms with Crippen LogP contribution in [0.4, 0.5) is 0 Å². The van der Waals surface area contributed by atoms with Gasteiger partial charge in [0.1, 0.15) is 11.9 Å². The summed E-state index contributed by atoms with van der Waals surface area (Å²) in [6.45, 7) is 4.93. The highest BCUT2D eigenvalue weighted by molar-refractivity contribution is 5.81. The molecule has 1 amide bonds. The highest BCUT2D eigenvalue weighted by atomic mass is 16.2. The monoisotopic (exact) mass is 328 g/mol. The van der Waals surface area contributed by atoms with E-state index in [1.165, 1.54) is 0 Å². The van der Waals surface area contributed by atoms with Crippen molar-refractivity contribution in [3.05, 3.63) is 41.7 Å². The molecule has 7 heteroatoms. The molecule has 1 aliphatic rings. The molecule has 0 aliphatic carbocycles. The van der Waals surface area contributed by atoms with E-state index in [9.17, 15) is 4.79 Å². The minimum atomic E-state index is -0.448. The van der Waals surface area contributed by atoms with E-state index < -0.39 is 6.04 Å². The van der Waals surface area contributed by atoms with Gasteiger partial charge >= 0.3 is 0 Å². The van der Waals surface area contributed by atoms with Crippen LogP contribution in [0.2, 0.25) is 0 Å². The molecule has 1 aromatic carbocycles. The van der Waals surface area contributed by atoms with E-state index in [1.807, 2.05) is 37.3 Å². The maximum Gasteiger partial charge on any atom is 0.245 e. The van der Waals surface area contributed by atoms with Gasteiger partial charge in [0.2, 0.25) is 5.91 Å². The summed E-state index contributed by atoms with van der Waals surface area (Å²) in [7, 11) is 0. The van der Waals surface area contributed by atoms with Crippen LogP contribution < -0.4 is 10.6 Å². The number of tetrazole rings is 1. The summed E-state index contributed by atoms with van der Waals surface area (Å²) in [5.74, 6) is 0.607. The number of nitrogens with one attached hydrogen (secondary N) is 2. The van der Waals surface area contributed by atoms with Gasteiger partial charge in [-0.15, -0.1) is 5.10 Å². The van der Waals surface area contributed by atoms with Gasteiger partial charge in [0.05, 0.1) is 0 Å². The number of carbonyl (C=O) groups excluding carboxylic acids is 1. The lowest BCUT2D eigenvalue weighted by Crippen LogP contribution is -2.53. The molecule has 1 fully saturated rings. The van der Waals surface area contributed by atoms with Crippen LogP contribution in [0.15, 0.2) is 30.3 Å². The van der Waals surface area contributed by atoms with Crippen molar-refractivity contribution in [3.63, 3.8) is 0 Å². The Balaban J connectivity index is 1.78. The van der Waals surface area contributed by atoms with Crippen LogP contribution in [0.1, 0.15) is 37.2 Å².